The molecular formula is C12H15N3OS. The van der Waals surface area contributed by atoms with Crippen molar-refractivity contribution in [2.45, 2.75) is 19.9 Å². The Bertz CT molecular complexity index is 485. The van der Waals surface area contributed by atoms with Gasteiger partial charge in [-0.15, -0.1) is 5.10 Å². The molecule has 0 aliphatic rings. The number of anilines is 1. The number of nitrogens with zero attached hydrogens (tertiary/aromatic N) is 2. The molecule has 1 unspecified atom stereocenters. The molecule has 17 heavy (non-hydrogen) atoms. The Hall–Kier alpha value is -1.62. The molecule has 0 aliphatic heterocycles. The van der Waals surface area contributed by atoms with Gasteiger partial charge in [0, 0.05) is 17.1 Å². The van der Waals surface area contributed by atoms with Crippen molar-refractivity contribution in [1.29, 1.82) is 0 Å². The highest BCUT2D eigenvalue weighted by Crippen LogP contribution is 2.29. The number of rotatable bonds is 4. The summed E-state index contributed by atoms with van der Waals surface area (Å²) >= 11 is 1.35. The molecule has 2 rings (SSSR count). The zero-order valence-corrected chi connectivity index (χ0v) is 10.9. The molecule has 1 heterocycles. The SMILES string of the molecule is COc1cc(C)ccc1C(C)Nc1cnns1. The van der Waals surface area contributed by atoms with E-state index in [1.807, 2.05) is 6.07 Å². The van der Waals surface area contributed by atoms with Crippen molar-refractivity contribution in [3.63, 3.8) is 0 Å². The van der Waals surface area contributed by atoms with Gasteiger partial charge in [-0.2, -0.15) is 0 Å². The summed E-state index contributed by atoms with van der Waals surface area (Å²) < 4.78 is 9.22. The molecule has 1 aromatic carbocycles. The third kappa shape index (κ3) is 2.74. The van der Waals surface area contributed by atoms with Crippen molar-refractivity contribution < 1.29 is 4.74 Å². The Labute approximate surface area is 105 Å². The Balaban J connectivity index is 2.21. The van der Waals surface area contributed by atoms with Crippen LogP contribution in [0.5, 0.6) is 5.75 Å². The predicted molar refractivity (Wildman–Crippen MR) is 69.7 cm³/mol. The van der Waals surface area contributed by atoms with Gasteiger partial charge in [0.15, 0.2) is 0 Å². The second kappa shape index (κ2) is 5.14. The van der Waals surface area contributed by atoms with Crippen molar-refractivity contribution in [1.82, 2.24) is 9.59 Å². The van der Waals surface area contributed by atoms with E-state index in [0.29, 0.717) is 0 Å². The Kier molecular flexibility index (Phi) is 3.58. The minimum absolute atomic E-state index is 0.160. The van der Waals surface area contributed by atoms with Crippen LogP contribution in [0.4, 0.5) is 5.00 Å². The van der Waals surface area contributed by atoms with E-state index in [-0.39, 0.29) is 6.04 Å². The van der Waals surface area contributed by atoms with Crippen molar-refractivity contribution in [2.75, 3.05) is 12.4 Å². The largest absolute Gasteiger partial charge is 0.496 e. The summed E-state index contributed by atoms with van der Waals surface area (Å²) in [6, 6.07) is 6.37. The fourth-order valence-electron chi connectivity index (χ4n) is 1.70. The van der Waals surface area contributed by atoms with Crippen LogP contribution in [0, 0.1) is 6.92 Å². The van der Waals surface area contributed by atoms with Crippen LogP contribution in [-0.4, -0.2) is 16.7 Å². The molecular weight excluding hydrogens is 234 g/mol. The van der Waals surface area contributed by atoms with Crippen LogP contribution in [0.2, 0.25) is 0 Å². The quantitative estimate of drug-likeness (QED) is 0.904. The first-order chi connectivity index (χ1) is 8.20. The second-order valence-electron chi connectivity index (χ2n) is 3.89. The third-order valence-electron chi connectivity index (χ3n) is 2.58. The molecule has 1 atom stereocenters. The molecule has 0 saturated carbocycles. The summed E-state index contributed by atoms with van der Waals surface area (Å²) in [6.07, 6.45) is 1.72. The van der Waals surface area contributed by atoms with E-state index in [1.165, 1.54) is 17.1 Å². The van der Waals surface area contributed by atoms with Crippen LogP contribution in [-0.2, 0) is 0 Å². The van der Waals surface area contributed by atoms with E-state index in [9.17, 15) is 0 Å². The van der Waals surface area contributed by atoms with Gasteiger partial charge in [0.1, 0.15) is 10.8 Å². The molecule has 1 N–H and O–H groups in total. The van der Waals surface area contributed by atoms with Crippen molar-refractivity contribution in [3.8, 4) is 5.75 Å². The average Bonchev–Trinajstić information content (AvgIpc) is 2.81. The first-order valence-electron chi connectivity index (χ1n) is 5.39. The molecule has 0 aliphatic carbocycles. The lowest BCUT2D eigenvalue weighted by Gasteiger charge is -2.17. The lowest BCUT2D eigenvalue weighted by atomic mass is 10.1. The molecule has 90 valence electrons. The number of methoxy groups -OCH3 is 1. The summed E-state index contributed by atoms with van der Waals surface area (Å²) in [7, 11) is 1.69. The highest BCUT2D eigenvalue weighted by Gasteiger charge is 2.12. The summed E-state index contributed by atoms with van der Waals surface area (Å²) in [5.41, 5.74) is 2.32. The number of aromatic nitrogens is 2. The van der Waals surface area contributed by atoms with Gasteiger partial charge in [-0.1, -0.05) is 16.6 Å². The van der Waals surface area contributed by atoms with Crippen LogP contribution in [0.3, 0.4) is 0 Å². The van der Waals surface area contributed by atoms with Gasteiger partial charge < -0.3 is 10.1 Å². The van der Waals surface area contributed by atoms with E-state index in [0.717, 1.165) is 16.3 Å². The highest BCUT2D eigenvalue weighted by molar-refractivity contribution is 7.09. The number of benzene rings is 1. The smallest absolute Gasteiger partial charge is 0.130 e. The summed E-state index contributed by atoms with van der Waals surface area (Å²) in [4.78, 5) is 0. The van der Waals surface area contributed by atoms with E-state index < -0.39 is 0 Å². The minimum Gasteiger partial charge on any atom is -0.496 e. The van der Waals surface area contributed by atoms with E-state index in [1.54, 1.807) is 13.3 Å². The molecule has 0 radical (unpaired) electrons. The minimum atomic E-state index is 0.160. The Morgan fingerprint density at radius 1 is 1.41 bits per heavy atom. The predicted octanol–water partition coefficient (Wildman–Crippen LogP) is 3.03. The van der Waals surface area contributed by atoms with Gasteiger partial charge in [-0.25, -0.2) is 0 Å². The van der Waals surface area contributed by atoms with Crippen LogP contribution in [0.15, 0.2) is 24.4 Å². The summed E-state index contributed by atoms with van der Waals surface area (Å²) in [5.74, 6) is 0.905. The normalized spacial score (nSPS) is 12.2. The van der Waals surface area contributed by atoms with Gasteiger partial charge in [0.05, 0.1) is 19.3 Å². The van der Waals surface area contributed by atoms with Gasteiger partial charge in [0.2, 0.25) is 0 Å². The fraction of sp³-hybridized carbons (Fsp3) is 0.333. The van der Waals surface area contributed by atoms with E-state index in [4.69, 9.17) is 4.74 Å². The first-order valence-corrected chi connectivity index (χ1v) is 6.16. The van der Waals surface area contributed by atoms with Gasteiger partial charge >= 0.3 is 0 Å². The number of hydrogen-bond donors (Lipinski definition) is 1. The van der Waals surface area contributed by atoms with Crippen molar-refractivity contribution in [2.24, 2.45) is 0 Å². The first kappa shape index (κ1) is 11.9. The molecule has 2 aromatic rings. The lowest BCUT2D eigenvalue weighted by Crippen LogP contribution is -2.07. The molecule has 0 amide bonds. The summed E-state index contributed by atoms with van der Waals surface area (Å²) in [6.45, 7) is 4.14. The van der Waals surface area contributed by atoms with E-state index >= 15 is 0 Å². The Morgan fingerprint density at radius 2 is 2.24 bits per heavy atom. The maximum Gasteiger partial charge on any atom is 0.130 e. The number of ether oxygens (including phenoxy) is 1. The van der Waals surface area contributed by atoms with Gasteiger partial charge in [-0.05, 0) is 25.5 Å². The maximum atomic E-state index is 5.40. The zero-order chi connectivity index (χ0) is 12.3. The van der Waals surface area contributed by atoms with Gasteiger partial charge in [0.25, 0.3) is 0 Å². The molecule has 0 bridgehead atoms. The molecule has 0 saturated heterocycles. The van der Waals surface area contributed by atoms with Crippen LogP contribution in [0.25, 0.3) is 0 Å². The lowest BCUT2D eigenvalue weighted by molar-refractivity contribution is 0.407. The maximum absolute atomic E-state index is 5.40. The van der Waals surface area contributed by atoms with Crippen molar-refractivity contribution >= 4 is 16.5 Å². The standard InChI is InChI=1S/C12H15N3OS/c1-8-4-5-10(11(6-8)16-3)9(2)14-12-7-13-15-17-12/h4-7,9,14H,1-3H3. The molecule has 4 nitrogen and oxygen atoms in total. The molecule has 1 aromatic heterocycles. The van der Waals surface area contributed by atoms with Crippen LogP contribution < -0.4 is 10.1 Å². The van der Waals surface area contributed by atoms with Crippen molar-refractivity contribution in [3.05, 3.63) is 35.5 Å². The average molecular weight is 249 g/mol. The summed E-state index contributed by atoms with van der Waals surface area (Å²) in [5, 5.41) is 8.10. The second-order valence-corrected chi connectivity index (χ2v) is 4.68. The van der Waals surface area contributed by atoms with Crippen LogP contribution in [0.1, 0.15) is 24.1 Å². The molecule has 0 fully saturated rings. The number of hydrogen-bond acceptors (Lipinski definition) is 5. The fourth-order valence-corrected chi connectivity index (χ4v) is 2.20. The zero-order valence-electron chi connectivity index (χ0n) is 10.1. The topological polar surface area (TPSA) is 47.0 Å². The van der Waals surface area contributed by atoms with E-state index in [2.05, 4.69) is 40.9 Å². The Morgan fingerprint density at radius 3 is 2.88 bits per heavy atom. The monoisotopic (exact) mass is 249 g/mol. The van der Waals surface area contributed by atoms with Gasteiger partial charge in [-0.3, -0.25) is 0 Å². The van der Waals surface area contributed by atoms with Crippen LogP contribution >= 0.6 is 11.5 Å². The molecule has 0 spiro atoms. The molecule has 5 heteroatoms. The number of nitrogens with one attached hydrogen (secondary N) is 1. The third-order valence-corrected chi connectivity index (χ3v) is 3.17. The number of aryl methyl sites for hydroxylation is 1. The highest BCUT2D eigenvalue weighted by atomic mass is 32.1.